The summed E-state index contributed by atoms with van der Waals surface area (Å²) >= 11 is 13.1. The van der Waals surface area contributed by atoms with Crippen molar-refractivity contribution in [3.05, 3.63) is 62.6 Å². The minimum absolute atomic E-state index is 0.122. The van der Waals surface area contributed by atoms with Gasteiger partial charge in [-0.1, -0.05) is 50.0 Å². The molecule has 0 bridgehead atoms. The zero-order valence-corrected chi connectivity index (χ0v) is 22.3. The Kier molecular flexibility index (Phi) is 7.25. The number of alkyl halides is 2. The first-order valence-electron chi connectivity index (χ1n) is 11.7. The lowest BCUT2D eigenvalue weighted by atomic mass is 9.88. The number of imidazole rings is 1. The second-order valence-electron chi connectivity index (χ2n) is 10.5. The van der Waals surface area contributed by atoms with Crippen molar-refractivity contribution in [1.82, 2.24) is 20.2 Å². The minimum Gasteiger partial charge on any atom is -0.352 e. The fraction of sp³-hybridized carbons (Fsp3) is 0.423. The van der Waals surface area contributed by atoms with Crippen LogP contribution < -0.4 is 10.6 Å². The first-order chi connectivity index (χ1) is 17.2. The van der Waals surface area contributed by atoms with Gasteiger partial charge in [0.1, 0.15) is 11.6 Å². The van der Waals surface area contributed by atoms with Crippen LogP contribution >= 0.6 is 23.2 Å². The maximum absolute atomic E-state index is 14.8. The quantitative estimate of drug-likeness (QED) is 0.404. The Labute approximate surface area is 222 Å². The zero-order chi connectivity index (χ0) is 27.3. The van der Waals surface area contributed by atoms with Crippen LogP contribution in [0, 0.1) is 11.2 Å². The molecule has 0 radical (unpaired) electrons. The third kappa shape index (κ3) is 5.72. The van der Waals surface area contributed by atoms with Gasteiger partial charge in [0.15, 0.2) is 0 Å². The van der Waals surface area contributed by atoms with Gasteiger partial charge < -0.3 is 15.2 Å². The highest BCUT2D eigenvalue weighted by Gasteiger charge is 2.46. The minimum atomic E-state index is -2.80. The number of aryl methyl sites for hydroxylation is 1. The third-order valence-corrected chi connectivity index (χ3v) is 7.28. The molecule has 1 aromatic heterocycles. The number of nitrogens with zero attached hydrogens (tertiary/aromatic N) is 2. The van der Waals surface area contributed by atoms with Gasteiger partial charge in [-0.25, -0.2) is 18.2 Å². The molecule has 3 aromatic rings. The summed E-state index contributed by atoms with van der Waals surface area (Å²) in [5.41, 5.74) is 1.27. The molecular weight excluding hydrogens is 528 g/mol. The maximum atomic E-state index is 14.8. The largest absolute Gasteiger partial charge is 0.352 e. The Balaban J connectivity index is 1.58. The molecule has 11 heteroatoms. The standard InChI is InChI=1S/C26H27Cl2F3N4O2/c1-25(2,3)24(37)32-12-13-5-6-17(27)15(22(13)28)8-21-34-19-7-16(18(29)9-20(19)35(21)4)23(36)33-14-10-26(30,31)11-14/h5-7,9,14H,8,10-12H2,1-4H3,(H,32,37)(H,33,36). The van der Waals surface area contributed by atoms with Gasteiger partial charge in [0.05, 0.1) is 21.6 Å². The third-order valence-electron chi connectivity index (χ3n) is 6.45. The van der Waals surface area contributed by atoms with E-state index in [9.17, 15) is 22.8 Å². The van der Waals surface area contributed by atoms with Crippen molar-refractivity contribution >= 4 is 46.0 Å². The van der Waals surface area contributed by atoms with Gasteiger partial charge in [-0.2, -0.15) is 0 Å². The Morgan fingerprint density at radius 1 is 1.19 bits per heavy atom. The number of fused-ring (bicyclic) bond motifs is 1. The zero-order valence-electron chi connectivity index (χ0n) is 20.8. The number of aromatic nitrogens is 2. The van der Waals surface area contributed by atoms with E-state index in [1.807, 2.05) is 20.8 Å². The molecule has 0 saturated heterocycles. The summed E-state index contributed by atoms with van der Waals surface area (Å²) in [4.78, 5) is 29.3. The topological polar surface area (TPSA) is 76.0 Å². The van der Waals surface area contributed by atoms with Crippen molar-refractivity contribution in [2.24, 2.45) is 12.5 Å². The molecule has 0 aliphatic heterocycles. The number of carbonyl (C=O) groups excluding carboxylic acids is 2. The normalized spacial score (nSPS) is 15.5. The van der Waals surface area contributed by atoms with Crippen molar-refractivity contribution < 1.29 is 22.8 Å². The molecule has 1 aliphatic carbocycles. The smallest absolute Gasteiger partial charge is 0.254 e. The number of halogens is 5. The van der Waals surface area contributed by atoms with E-state index in [2.05, 4.69) is 15.6 Å². The molecule has 1 fully saturated rings. The first kappa shape index (κ1) is 27.3. The molecule has 37 heavy (non-hydrogen) atoms. The summed E-state index contributed by atoms with van der Waals surface area (Å²) in [5.74, 6) is -3.94. The Morgan fingerprint density at radius 2 is 1.86 bits per heavy atom. The lowest BCUT2D eigenvalue weighted by Crippen LogP contribution is -2.50. The van der Waals surface area contributed by atoms with Crippen LogP contribution in [0.5, 0.6) is 0 Å². The average molecular weight is 555 g/mol. The highest BCUT2D eigenvalue weighted by atomic mass is 35.5. The molecule has 0 atom stereocenters. The summed E-state index contributed by atoms with van der Waals surface area (Å²) in [5, 5.41) is 6.11. The van der Waals surface area contributed by atoms with Gasteiger partial charge in [0.2, 0.25) is 5.91 Å². The van der Waals surface area contributed by atoms with Gasteiger partial charge in [-0.15, -0.1) is 0 Å². The van der Waals surface area contributed by atoms with Gasteiger partial charge in [0, 0.05) is 55.4 Å². The summed E-state index contributed by atoms with van der Waals surface area (Å²) in [6.45, 7) is 5.66. The van der Waals surface area contributed by atoms with E-state index in [0.29, 0.717) is 38.0 Å². The number of carbonyl (C=O) groups is 2. The summed E-state index contributed by atoms with van der Waals surface area (Å²) in [6.07, 6.45) is -0.710. The summed E-state index contributed by atoms with van der Waals surface area (Å²) < 4.78 is 42.6. The van der Waals surface area contributed by atoms with Crippen LogP contribution in [0.3, 0.4) is 0 Å². The first-order valence-corrected chi connectivity index (χ1v) is 12.5. The molecule has 0 spiro atoms. The molecule has 0 unspecified atom stereocenters. The molecule has 1 heterocycles. The van der Waals surface area contributed by atoms with E-state index in [-0.39, 0.29) is 24.4 Å². The predicted molar refractivity (Wildman–Crippen MR) is 137 cm³/mol. The Morgan fingerprint density at radius 3 is 2.49 bits per heavy atom. The lowest BCUT2D eigenvalue weighted by molar-refractivity contribution is -0.128. The lowest BCUT2D eigenvalue weighted by Gasteiger charge is -2.35. The molecule has 4 rings (SSSR count). The van der Waals surface area contributed by atoms with Crippen molar-refractivity contribution in [2.75, 3.05) is 0 Å². The number of benzene rings is 2. The summed E-state index contributed by atoms with van der Waals surface area (Å²) in [6, 6.07) is 5.24. The highest BCUT2D eigenvalue weighted by molar-refractivity contribution is 6.36. The van der Waals surface area contributed by atoms with Crippen LogP contribution in [0.1, 0.15) is 60.9 Å². The van der Waals surface area contributed by atoms with Crippen LogP contribution in [0.2, 0.25) is 10.0 Å². The summed E-state index contributed by atoms with van der Waals surface area (Å²) in [7, 11) is 1.70. The van der Waals surface area contributed by atoms with E-state index < -0.39 is 41.9 Å². The Hall–Kier alpha value is -2.78. The number of amides is 2. The highest BCUT2D eigenvalue weighted by Crippen LogP contribution is 2.37. The van der Waals surface area contributed by atoms with E-state index in [1.54, 1.807) is 23.7 Å². The average Bonchev–Trinajstić information content (AvgIpc) is 3.07. The molecule has 1 aliphatic rings. The van der Waals surface area contributed by atoms with Crippen molar-refractivity contribution in [3.63, 3.8) is 0 Å². The van der Waals surface area contributed by atoms with Crippen molar-refractivity contribution in [1.29, 1.82) is 0 Å². The van der Waals surface area contributed by atoms with E-state index in [0.717, 1.165) is 0 Å². The number of rotatable bonds is 6. The maximum Gasteiger partial charge on any atom is 0.254 e. The molecule has 2 N–H and O–H groups in total. The SMILES string of the molecule is Cn1c(Cc2c(Cl)ccc(CNC(=O)C(C)(C)C)c2Cl)nc2cc(C(=O)NC3CC(F)(F)C3)c(F)cc21. The predicted octanol–water partition coefficient (Wildman–Crippen LogP) is 5.80. The molecule has 2 aromatic carbocycles. The van der Waals surface area contributed by atoms with Gasteiger partial charge in [-0.3, -0.25) is 9.59 Å². The van der Waals surface area contributed by atoms with Gasteiger partial charge in [0.25, 0.3) is 11.8 Å². The van der Waals surface area contributed by atoms with Crippen LogP contribution in [0.25, 0.3) is 11.0 Å². The van der Waals surface area contributed by atoms with Crippen molar-refractivity contribution in [2.45, 2.75) is 58.5 Å². The molecule has 198 valence electrons. The number of hydrogen-bond acceptors (Lipinski definition) is 3. The van der Waals surface area contributed by atoms with Gasteiger partial charge >= 0.3 is 0 Å². The van der Waals surface area contributed by atoms with Crippen LogP contribution in [0.15, 0.2) is 24.3 Å². The van der Waals surface area contributed by atoms with Gasteiger partial charge in [-0.05, 0) is 23.3 Å². The molecular formula is C26H27Cl2F3N4O2. The van der Waals surface area contributed by atoms with E-state index >= 15 is 0 Å². The second kappa shape index (κ2) is 9.83. The molecule has 2 amide bonds. The van der Waals surface area contributed by atoms with Crippen LogP contribution in [-0.2, 0) is 24.8 Å². The molecule has 6 nitrogen and oxygen atoms in total. The Bertz CT molecular complexity index is 1390. The van der Waals surface area contributed by atoms with E-state index in [1.165, 1.54) is 12.1 Å². The number of hydrogen-bond donors (Lipinski definition) is 2. The molecule has 1 saturated carbocycles. The number of nitrogens with one attached hydrogen (secondary N) is 2. The van der Waals surface area contributed by atoms with Crippen LogP contribution in [0.4, 0.5) is 13.2 Å². The van der Waals surface area contributed by atoms with Crippen molar-refractivity contribution in [3.8, 4) is 0 Å². The monoisotopic (exact) mass is 554 g/mol. The van der Waals surface area contributed by atoms with E-state index in [4.69, 9.17) is 23.2 Å². The van der Waals surface area contributed by atoms with Crippen LogP contribution in [-0.4, -0.2) is 33.3 Å². The fourth-order valence-electron chi connectivity index (χ4n) is 4.16. The second-order valence-corrected chi connectivity index (χ2v) is 11.2. The fourth-order valence-corrected chi connectivity index (χ4v) is 4.74.